The number of esters is 1. The van der Waals surface area contributed by atoms with Crippen LogP contribution in [0.4, 0.5) is 5.69 Å². The van der Waals surface area contributed by atoms with E-state index in [2.05, 4.69) is 10.3 Å². The highest BCUT2D eigenvalue weighted by Gasteiger charge is 2.42. The standard InChI is InChI=1S/C18H21N5O6/c1-2-29-17(26)14-15(12-3-5-13(6-4-12)23(27)28)19-18(20-16(14)25)22-9-7-21(11-24)8-10-22/h3-6,11,14-15H,2,7-10H2,1H3,(H,19,20,25). The van der Waals surface area contributed by atoms with Gasteiger partial charge in [-0.1, -0.05) is 12.1 Å². The summed E-state index contributed by atoms with van der Waals surface area (Å²) >= 11 is 0. The van der Waals surface area contributed by atoms with Gasteiger partial charge in [-0.05, 0) is 12.5 Å². The fraction of sp³-hybridized carbons (Fsp3) is 0.444. The van der Waals surface area contributed by atoms with Crippen molar-refractivity contribution in [2.24, 2.45) is 10.9 Å². The van der Waals surface area contributed by atoms with Crippen LogP contribution >= 0.6 is 0 Å². The summed E-state index contributed by atoms with van der Waals surface area (Å²) < 4.78 is 5.04. The second-order valence-electron chi connectivity index (χ2n) is 6.59. The number of carbonyl (C=O) groups is 3. The zero-order chi connectivity index (χ0) is 21.0. The largest absolute Gasteiger partial charge is 0.465 e. The number of guanidine groups is 1. The maximum atomic E-state index is 12.7. The minimum absolute atomic E-state index is 0.101. The van der Waals surface area contributed by atoms with E-state index < -0.39 is 28.8 Å². The third-order valence-corrected chi connectivity index (χ3v) is 4.84. The molecule has 2 aliphatic rings. The number of nitrogens with zero attached hydrogens (tertiary/aromatic N) is 4. The molecule has 2 aliphatic heterocycles. The highest BCUT2D eigenvalue weighted by atomic mass is 16.6. The molecule has 2 unspecified atom stereocenters. The fourth-order valence-corrected chi connectivity index (χ4v) is 3.30. The van der Waals surface area contributed by atoms with E-state index in [1.165, 1.54) is 24.3 Å². The first-order valence-corrected chi connectivity index (χ1v) is 9.18. The number of nitro groups is 1. The van der Waals surface area contributed by atoms with Crippen LogP contribution in [0.1, 0.15) is 18.5 Å². The lowest BCUT2D eigenvalue weighted by Gasteiger charge is -2.37. The first kappa shape index (κ1) is 20.2. The van der Waals surface area contributed by atoms with Gasteiger partial charge in [-0.2, -0.15) is 0 Å². The van der Waals surface area contributed by atoms with Crippen LogP contribution in [0.5, 0.6) is 0 Å². The Kier molecular flexibility index (Phi) is 6.05. The smallest absolute Gasteiger partial charge is 0.321 e. The van der Waals surface area contributed by atoms with Crippen LogP contribution in [-0.2, 0) is 19.1 Å². The Bertz CT molecular complexity index is 832. The van der Waals surface area contributed by atoms with Crippen molar-refractivity contribution in [1.82, 2.24) is 15.1 Å². The highest BCUT2D eigenvalue weighted by Crippen LogP contribution is 2.32. The average molecular weight is 403 g/mol. The predicted molar refractivity (Wildman–Crippen MR) is 101 cm³/mol. The molecule has 2 heterocycles. The summed E-state index contributed by atoms with van der Waals surface area (Å²) in [6, 6.07) is 4.71. The zero-order valence-electron chi connectivity index (χ0n) is 15.8. The molecule has 0 aromatic heterocycles. The van der Waals surface area contributed by atoms with Crippen molar-refractivity contribution in [2.45, 2.75) is 13.0 Å². The number of carbonyl (C=O) groups excluding carboxylic acids is 3. The van der Waals surface area contributed by atoms with E-state index in [9.17, 15) is 24.5 Å². The van der Waals surface area contributed by atoms with E-state index in [0.29, 0.717) is 37.7 Å². The van der Waals surface area contributed by atoms with Crippen molar-refractivity contribution in [3.8, 4) is 0 Å². The molecule has 2 amide bonds. The quantitative estimate of drug-likeness (QED) is 0.242. The summed E-state index contributed by atoms with van der Waals surface area (Å²) in [6.45, 7) is 3.69. The number of benzene rings is 1. The van der Waals surface area contributed by atoms with Crippen molar-refractivity contribution in [2.75, 3.05) is 32.8 Å². The van der Waals surface area contributed by atoms with Crippen LogP contribution in [0.2, 0.25) is 0 Å². The van der Waals surface area contributed by atoms with Crippen LogP contribution in [0.3, 0.4) is 0 Å². The van der Waals surface area contributed by atoms with E-state index in [1.54, 1.807) is 11.8 Å². The van der Waals surface area contributed by atoms with Gasteiger partial charge in [0.15, 0.2) is 5.92 Å². The molecule has 11 nitrogen and oxygen atoms in total. The third kappa shape index (κ3) is 4.33. The lowest BCUT2D eigenvalue weighted by Crippen LogP contribution is -2.57. The summed E-state index contributed by atoms with van der Waals surface area (Å²) in [4.78, 5) is 54.5. The summed E-state index contributed by atoms with van der Waals surface area (Å²) in [5, 5.41) is 13.6. The molecule has 1 N–H and O–H groups in total. The van der Waals surface area contributed by atoms with Crippen LogP contribution < -0.4 is 5.32 Å². The Morgan fingerprint density at radius 2 is 1.97 bits per heavy atom. The molecule has 1 fully saturated rings. The van der Waals surface area contributed by atoms with Crippen LogP contribution in [0, 0.1) is 16.0 Å². The molecular formula is C18H21N5O6. The van der Waals surface area contributed by atoms with Crippen molar-refractivity contribution in [3.05, 3.63) is 39.9 Å². The van der Waals surface area contributed by atoms with Crippen LogP contribution in [-0.4, -0.2) is 71.8 Å². The molecule has 1 aromatic carbocycles. The van der Waals surface area contributed by atoms with Gasteiger partial charge < -0.3 is 14.5 Å². The molecule has 1 saturated heterocycles. The number of non-ortho nitro benzene ring substituents is 1. The van der Waals surface area contributed by atoms with Gasteiger partial charge in [0.2, 0.25) is 18.3 Å². The number of hydrogen-bond acceptors (Lipinski definition) is 8. The van der Waals surface area contributed by atoms with E-state index >= 15 is 0 Å². The number of nitrogens with one attached hydrogen (secondary N) is 1. The molecule has 0 bridgehead atoms. The first-order chi connectivity index (χ1) is 13.9. The topological polar surface area (TPSA) is 134 Å². The lowest BCUT2D eigenvalue weighted by molar-refractivity contribution is -0.384. The number of hydrogen-bond donors (Lipinski definition) is 1. The predicted octanol–water partition coefficient (Wildman–Crippen LogP) is 0.0750. The number of nitro benzene ring substituents is 1. The molecular weight excluding hydrogens is 382 g/mol. The molecule has 154 valence electrons. The number of rotatable bonds is 5. The average Bonchev–Trinajstić information content (AvgIpc) is 2.73. The van der Waals surface area contributed by atoms with Gasteiger partial charge in [0, 0.05) is 38.3 Å². The van der Waals surface area contributed by atoms with Gasteiger partial charge in [-0.15, -0.1) is 0 Å². The van der Waals surface area contributed by atoms with E-state index in [1.807, 2.05) is 4.90 Å². The Hall–Kier alpha value is -3.50. The number of amides is 2. The summed E-state index contributed by atoms with van der Waals surface area (Å²) in [6.07, 6.45) is 0.773. The second kappa shape index (κ2) is 8.67. The minimum atomic E-state index is -1.20. The number of aliphatic imine (C=N–C) groups is 1. The maximum Gasteiger partial charge on any atom is 0.321 e. The molecule has 0 aliphatic carbocycles. The normalized spacial score (nSPS) is 21.8. The summed E-state index contributed by atoms with van der Waals surface area (Å²) in [7, 11) is 0. The highest BCUT2D eigenvalue weighted by molar-refractivity contribution is 6.08. The zero-order valence-corrected chi connectivity index (χ0v) is 15.8. The van der Waals surface area contributed by atoms with E-state index in [-0.39, 0.29) is 12.3 Å². The van der Waals surface area contributed by atoms with Crippen LogP contribution in [0.15, 0.2) is 29.3 Å². The monoisotopic (exact) mass is 403 g/mol. The molecule has 11 heteroatoms. The Morgan fingerprint density at radius 1 is 1.31 bits per heavy atom. The van der Waals surface area contributed by atoms with Gasteiger partial charge in [0.05, 0.1) is 11.5 Å². The van der Waals surface area contributed by atoms with Crippen molar-refractivity contribution < 1.29 is 24.0 Å². The van der Waals surface area contributed by atoms with Gasteiger partial charge >= 0.3 is 5.97 Å². The Labute approximate surface area is 166 Å². The van der Waals surface area contributed by atoms with Crippen molar-refractivity contribution in [1.29, 1.82) is 0 Å². The number of piperazine rings is 1. The second-order valence-corrected chi connectivity index (χ2v) is 6.59. The van der Waals surface area contributed by atoms with Gasteiger partial charge in [0.1, 0.15) is 6.04 Å². The maximum absolute atomic E-state index is 12.7. The van der Waals surface area contributed by atoms with E-state index in [0.717, 1.165) is 6.41 Å². The van der Waals surface area contributed by atoms with Crippen LogP contribution in [0.25, 0.3) is 0 Å². The molecule has 2 atom stereocenters. The first-order valence-electron chi connectivity index (χ1n) is 9.18. The molecule has 29 heavy (non-hydrogen) atoms. The van der Waals surface area contributed by atoms with Crippen molar-refractivity contribution in [3.63, 3.8) is 0 Å². The third-order valence-electron chi connectivity index (χ3n) is 4.84. The molecule has 0 radical (unpaired) electrons. The number of ether oxygens (including phenoxy) is 1. The minimum Gasteiger partial charge on any atom is -0.465 e. The fourth-order valence-electron chi connectivity index (χ4n) is 3.30. The molecule has 0 spiro atoms. The van der Waals surface area contributed by atoms with Gasteiger partial charge in [-0.3, -0.25) is 29.8 Å². The molecule has 3 rings (SSSR count). The van der Waals surface area contributed by atoms with Crippen molar-refractivity contribution >= 4 is 29.9 Å². The van der Waals surface area contributed by atoms with Gasteiger partial charge in [0.25, 0.3) is 5.69 Å². The molecule has 1 aromatic rings. The van der Waals surface area contributed by atoms with Gasteiger partial charge in [-0.25, -0.2) is 4.99 Å². The summed E-state index contributed by atoms with van der Waals surface area (Å²) in [5.41, 5.74) is 0.392. The summed E-state index contributed by atoms with van der Waals surface area (Å²) in [5.74, 6) is -2.14. The SMILES string of the molecule is CCOC(=O)C1C(=O)NC(N2CCN(C=O)CC2)=NC1c1ccc([N+](=O)[O-])cc1. The lowest BCUT2D eigenvalue weighted by atomic mass is 9.91. The Balaban J connectivity index is 1.93. The molecule has 0 saturated carbocycles. The Morgan fingerprint density at radius 3 is 2.52 bits per heavy atom. The van der Waals surface area contributed by atoms with E-state index in [4.69, 9.17) is 4.74 Å².